The summed E-state index contributed by atoms with van der Waals surface area (Å²) in [6.45, 7) is 4.17. The molecule has 0 saturated heterocycles. The molecule has 1 aromatic carbocycles. The van der Waals surface area contributed by atoms with E-state index in [4.69, 9.17) is 5.73 Å². The lowest BCUT2D eigenvalue weighted by Crippen LogP contribution is -2.17. The monoisotopic (exact) mass is 212 g/mol. The highest BCUT2D eigenvalue weighted by Crippen LogP contribution is 2.37. The van der Waals surface area contributed by atoms with Crippen molar-refractivity contribution < 1.29 is 4.39 Å². The largest absolute Gasteiger partial charge is 0.341 e. The van der Waals surface area contributed by atoms with Crippen LogP contribution in [0.5, 0.6) is 0 Å². The van der Waals surface area contributed by atoms with Gasteiger partial charge < -0.3 is 5.32 Å². The van der Waals surface area contributed by atoms with Gasteiger partial charge in [-0.25, -0.2) is 4.39 Å². The van der Waals surface area contributed by atoms with Crippen LogP contribution < -0.4 is 11.1 Å². The highest BCUT2D eigenvalue weighted by Gasteiger charge is 2.18. The summed E-state index contributed by atoms with van der Waals surface area (Å²) in [5.74, 6) is 0.192. The number of halogens is 1. The second-order valence-electron chi connectivity index (χ2n) is 3.64. The Bertz CT molecular complexity index is 413. The number of hydrogen-bond acceptors (Lipinski definition) is 2. The highest BCUT2D eigenvalue weighted by atomic mass is 32.1. The molecule has 0 spiro atoms. The molecular formula is C10H13FN2S. The fraction of sp³-hybridized carbons (Fsp3) is 0.300. The molecule has 0 aromatic heterocycles. The molecule has 0 unspecified atom stereocenters. The first-order chi connectivity index (χ1) is 6.59. The van der Waals surface area contributed by atoms with Gasteiger partial charge in [-0.05, 0) is 17.5 Å². The molecule has 14 heavy (non-hydrogen) atoms. The van der Waals surface area contributed by atoms with E-state index in [9.17, 15) is 4.39 Å². The smallest absolute Gasteiger partial charge is 0.138 e. The van der Waals surface area contributed by atoms with Crippen molar-refractivity contribution in [3.63, 3.8) is 0 Å². The molecule has 4 heteroatoms. The standard InChI is InChI=1S/C10H13FN2S/c1-5(2)6-3-4-7(11)9-8(6)13-10(12)14-9/h3-5,13-14H,12H2,1-2H3. The molecule has 0 bridgehead atoms. The minimum Gasteiger partial charge on any atom is -0.341 e. The summed E-state index contributed by atoms with van der Waals surface area (Å²) < 4.78 is 13.4. The summed E-state index contributed by atoms with van der Waals surface area (Å²) in [6.07, 6.45) is 0. The SMILES string of the molecule is CC(C)c1ccc(F)c2c1NC(N)=[SH]2. The van der Waals surface area contributed by atoms with E-state index in [0.29, 0.717) is 15.9 Å². The van der Waals surface area contributed by atoms with Crippen molar-refractivity contribution in [1.29, 1.82) is 0 Å². The Morgan fingerprint density at radius 1 is 1.43 bits per heavy atom. The van der Waals surface area contributed by atoms with Crippen molar-refractivity contribution in [3.05, 3.63) is 23.5 Å². The molecule has 1 heterocycles. The van der Waals surface area contributed by atoms with Crippen molar-refractivity contribution in [2.24, 2.45) is 5.73 Å². The Morgan fingerprint density at radius 3 is 2.79 bits per heavy atom. The first kappa shape index (κ1) is 9.68. The van der Waals surface area contributed by atoms with Crippen LogP contribution in [-0.2, 0) is 0 Å². The Labute approximate surface area is 86.3 Å². The van der Waals surface area contributed by atoms with Gasteiger partial charge in [0.05, 0.1) is 10.6 Å². The first-order valence-electron chi connectivity index (χ1n) is 4.53. The van der Waals surface area contributed by atoms with Crippen LogP contribution in [0, 0.1) is 5.82 Å². The van der Waals surface area contributed by atoms with E-state index >= 15 is 0 Å². The molecule has 1 aliphatic heterocycles. The van der Waals surface area contributed by atoms with Gasteiger partial charge in [0.2, 0.25) is 0 Å². The van der Waals surface area contributed by atoms with Crippen LogP contribution in [0.3, 0.4) is 0 Å². The first-order valence-corrected chi connectivity index (χ1v) is 5.42. The van der Waals surface area contributed by atoms with Gasteiger partial charge in [-0.1, -0.05) is 19.9 Å². The van der Waals surface area contributed by atoms with Gasteiger partial charge in [-0.3, -0.25) is 5.73 Å². The topological polar surface area (TPSA) is 38.0 Å². The molecular weight excluding hydrogens is 199 g/mol. The van der Waals surface area contributed by atoms with Crippen molar-refractivity contribution in [1.82, 2.24) is 0 Å². The Hall–Kier alpha value is -0.870. The van der Waals surface area contributed by atoms with E-state index in [0.717, 1.165) is 22.6 Å². The fourth-order valence-electron chi connectivity index (χ4n) is 1.58. The van der Waals surface area contributed by atoms with Gasteiger partial charge in [0.25, 0.3) is 0 Å². The quantitative estimate of drug-likeness (QED) is 0.493. The Morgan fingerprint density at radius 2 is 2.14 bits per heavy atom. The number of thiol groups is 1. The zero-order valence-corrected chi connectivity index (χ0v) is 9.03. The van der Waals surface area contributed by atoms with Crippen LogP contribution >= 0.6 is 11.4 Å². The van der Waals surface area contributed by atoms with Crippen molar-refractivity contribution in [2.75, 3.05) is 5.32 Å². The second kappa shape index (κ2) is 3.37. The van der Waals surface area contributed by atoms with E-state index in [1.807, 2.05) is 6.07 Å². The number of hydrogen-bond donors (Lipinski definition) is 3. The molecule has 76 valence electrons. The van der Waals surface area contributed by atoms with E-state index in [1.54, 1.807) is 0 Å². The summed E-state index contributed by atoms with van der Waals surface area (Å²) in [7, 11) is 0. The summed E-state index contributed by atoms with van der Waals surface area (Å²) in [5, 5.41) is 3.63. The lowest BCUT2D eigenvalue weighted by Gasteiger charge is -2.12. The van der Waals surface area contributed by atoms with Crippen LogP contribution in [-0.4, -0.2) is 5.11 Å². The zero-order valence-electron chi connectivity index (χ0n) is 8.13. The van der Waals surface area contributed by atoms with E-state index < -0.39 is 0 Å². The van der Waals surface area contributed by atoms with Gasteiger partial charge in [-0.15, -0.1) is 11.4 Å². The number of benzene rings is 1. The van der Waals surface area contributed by atoms with Gasteiger partial charge in [0.1, 0.15) is 10.9 Å². The number of nitrogens with two attached hydrogens (primary N) is 1. The van der Waals surface area contributed by atoms with Crippen LogP contribution in [0.25, 0.3) is 0 Å². The van der Waals surface area contributed by atoms with Gasteiger partial charge in [-0.2, -0.15) is 0 Å². The van der Waals surface area contributed by atoms with Gasteiger partial charge in [0.15, 0.2) is 0 Å². The molecule has 0 atom stereocenters. The predicted octanol–water partition coefficient (Wildman–Crippen LogP) is 2.25. The molecule has 2 nitrogen and oxygen atoms in total. The molecule has 0 fully saturated rings. The normalized spacial score (nSPS) is 14.5. The molecule has 0 saturated carbocycles. The third-order valence-corrected chi connectivity index (χ3v) is 3.28. The molecule has 0 aliphatic carbocycles. The minimum atomic E-state index is -0.181. The fourth-order valence-corrected chi connectivity index (χ4v) is 2.47. The average Bonchev–Trinajstić information content (AvgIpc) is 2.47. The van der Waals surface area contributed by atoms with Crippen molar-refractivity contribution in [2.45, 2.75) is 24.7 Å². The van der Waals surface area contributed by atoms with E-state index in [1.165, 1.54) is 6.07 Å². The molecule has 0 radical (unpaired) electrons. The lowest BCUT2D eigenvalue weighted by atomic mass is 10.0. The van der Waals surface area contributed by atoms with Crippen LogP contribution in [0.2, 0.25) is 0 Å². The number of rotatable bonds is 1. The minimum absolute atomic E-state index is 0.181. The second-order valence-corrected chi connectivity index (χ2v) is 4.79. The summed E-state index contributed by atoms with van der Waals surface area (Å²) >= 11 is 0.754. The number of fused-ring (bicyclic) bond motifs is 1. The average molecular weight is 212 g/mol. The van der Waals surface area contributed by atoms with Crippen molar-refractivity contribution >= 4 is 22.2 Å². The summed E-state index contributed by atoms with van der Waals surface area (Å²) in [5.41, 5.74) is 7.63. The van der Waals surface area contributed by atoms with Crippen LogP contribution in [0.15, 0.2) is 17.0 Å². The van der Waals surface area contributed by atoms with Gasteiger partial charge in [0, 0.05) is 0 Å². The maximum atomic E-state index is 13.4. The molecule has 0 amide bonds. The van der Waals surface area contributed by atoms with Crippen molar-refractivity contribution in [3.8, 4) is 0 Å². The molecule has 1 aromatic rings. The molecule has 1 aliphatic rings. The van der Waals surface area contributed by atoms with Gasteiger partial charge >= 0.3 is 0 Å². The zero-order chi connectivity index (χ0) is 10.3. The predicted molar refractivity (Wildman–Crippen MR) is 60.6 cm³/mol. The van der Waals surface area contributed by atoms with E-state index in [2.05, 4.69) is 19.2 Å². The maximum absolute atomic E-state index is 13.4. The van der Waals surface area contributed by atoms with Crippen LogP contribution in [0.1, 0.15) is 25.3 Å². The summed E-state index contributed by atoms with van der Waals surface area (Å²) in [4.78, 5) is 0.675. The number of nitrogens with one attached hydrogen (secondary N) is 1. The van der Waals surface area contributed by atoms with Crippen LogP contribution in [0.4, 0.5) is 10.1 Å². The summed E-state index contributed by atoms with van der Waals surface area (Å²) in [6, 6.07) is 3.33. The van der Waals surface area contributed by atoms with E-state index in [-0.39, 0.29) is 5.82 Å². The molecule has 3 N–H and O–H groups in total. The Balaban J connectivity index is 2.59. The third-order valence-electron chi connectivity index (χ3n) is 2.27. The Kier molecular flexibility index (Phi) is 2.33. The lowest BCUT2D eigenvalue weighted by molar-refractivity contribution is 0.602. The highest BCUT2D eigenvalue weighted by molar-refractivity contribution is 7.99. The number of anilines is 1. The maximum Gasteiger partial charge on any atom is 0.138 e. The molecule has 2 rings (SSSR count). The third kappa shape index (κ3) is 1.44.